The molecule has 0 aromatic heterocycles. The molecule has 0 fully saturated rings. The number of carbonyl (C=O) groups is 3. The van der Waals surface area contributed by atoms with Crippen LogP contribution in [0.15, 0.2) is 48.5 Å². The van der Waals surface area contributed by atoms with Crippen LogP contribution in [0.2, 0.25) is 0 Å². The van der Waals surface area contributed by atoms with E-state index in [1.54, 1.807) is 49.4 Å². The molecule has 0 spiro atoms. The topological polar surface area (TPSA) is 75.7 Å². The van der Waals surface area contributed by atoms with Crippen LogP contribution >= 0.6 is 0 Å². The number of anilines is 2. The van der Waals surface area contributed by atoms with Crippen molar-refractivity contribution in [3.8, 4) is 0 Å². The maximum absolute atomic E-state index is 12.2. The van der Waals surface area contributed by atoms with Crippen molar-refractivity contribution in [3.63, 3.8) is 0 Å². The quantitative estimate of drug-likeness (QED) is 0.611. The molecule has 2 aromatic carbocycles. The third kappa shape index (κ3) is 5.17. The van der Waals surface area contributed by atoms with E-state index < -0.39 is 5.97 Å². The van der Waals surface area contributed by atoms with E-state index in [0.717, 1.165) is 5.69 Å². The zero-order chi connectivity index (χ0) is 19.1. The molecule has 6 heteroatoms. The molecule has 6 nitrogen and oxygen atoms in total. The molecule has 0 bridgehead atoms. The Morgan fingerprint density at radius 1 is 1.00 bits per heavy atom. The third-order valence-electron chi connectivity index (χ3n) is 3.74. The molecule has 1 N–H and O–H groups in total. The number of carbonyl (C=O) groups excluding carboxylic acids is 3. The molecule has 0 aliphatic heterocycles. The van der Waals surface area contributed by atoms with E-state index in [2.05, 4.69) is 5.32 Å². The molecule has 0 heterocycles. The van der Waals surface area contributed by atoms with Crippen molar-refractivity contribution in [2.24, 2.45) is 0 Å². The summed E-state index contributed by atoms with van der Waals surface area (Å²) in [6.45, 7) is 1.42. The molecule has 0 atom stereocenters. The Kier molecular flexibility index (Phi) is 6.49. The molecule has 0 aliphatic rings. The minimum Gasteiger partial charge on any atom is -0.454 e. The summed E-state index contributed by atoms with van der Waals surface area (Å²) < 4.78 is 5.11. The lowest BCUT2D eigenvalue weighted by molar-refractivity contribution is -0.115. The van der Waals surface area contributed by atoms with Gasteiger partial charge in [0.1, 0.15) is 0 Å². The number of nitrogens with zero attached hydrogens (tertiary/aromatic N) is 1. The fraction of sp³-hybridized carbons (Fsp3) is 0.250. The van der Waals surface area contributed by atoms with E-state index in [9.17, 15) is 14.4 Å². The normalized spacial score (nSPS) is 10.1. The van der Waals surface area contributed by atoms with Gasteiger partial charge < -0.3 is 15.0 Å². The predicted octanol–water partition coefficient (Wildman–Crippen LogP) is 3.14. The highest BCUT2D eigenvalue weighted by molar-refractivity contribution is 6.00. The molecular formula is C20H22N2O4. The fourth-order valence-corrected chi connectivity index (χ4v) is 2.20. The number of rotatable bonds is 7. The standard InChI is InChI=1S/C20H22N2O4/c1-4-19(24)21-16-10-8-14(9-11-16)18(23)13-26-20(25)15-6-5-7-17(12-15)22(2)3/h5-12H,4,13H2,1-3H3,(H,21,24). The molecule has 26 heavy (non-hydrogen) atoms. The van der Waals surface area contributed by atoms with Crippen LogP contribution in [0, 0.1) is 0 Å². The summed E-state index contributed by atoms with van der Waals surface area (Å²) >= 11 is 0. The van der Waals surface area contributed by atoms with Gasteiger partial charge in [0.05, 0.1) is 5.56 Å². The molecule has 0 radical (unpaired) electrons. The molecule has 1 amide bonds. The van der Waals surface area contributed by atoms with Crippen molar-refractivity contribution in [2.75, 3.05) is 30.9 Å². The largest absolute Gasteiger partial charge is 0.454 e. The first kappa shape index (κ1) is 19.2. The van der Waals surface area contributed by atoms with Crippen molar-refractivity contribution in [3.05, 3.63) is 59.7 Å². The summed E-state index contributed by atoms with van der Waals surface area (Å²) in [4.78, 5) is 37.5. The number of hydrogen-bond acceptors (Lipinski definition) is 5. The fourth-order valence-electron chi connectivity index (χ4n) is 2.20. The van der Waals surface area contributed by atoms with E-state index >= 15 is 0 Å². The van der Waals surface area contributed by atoms with Gasteiger partial charge in [-0.2, -0.15) is 0 Å². The lowest BCUT2D eigenvalue weighted by atomic mass is 10.1. The number of esters is 1. The molecular weight excluding hydrogens is 332 g/mol. The van der Waals surface area contributed by atoms with Crippen LogP contribution in [0.25, 0.3) is 0 Å². The summed E-state index contributed by atoms with van der Waals surface area (Å²) in [6, 6.07) is 13.5. The van der Waals surface area contributed by atoms with Crippen LogP contribution in [-0.4, -0.2) is 38.4 Å². The first-order chi connectivity index (χ1) is 12.4. The van der Waals surface area contributed by atoms with Gasteiger partial charge in [0.25, 0.3) is 0 Å². The average Bonchev–Trinajstić information content (AvgIpc) is 2.66. The highest BCUT2D eigenvalue weighted by Gasteiger charge is 2.13. The Labute approximate surface area is 152 Å². The van der Waals surface area contributed by atoms with Crippen LogP contribution < -0.4 is 10.2 Å². The summed E-state index contributed by atoms with van der Waals surface area (Å²) in [5, 5.41) is 2.70. The Balaban J connectivity index is 1.94. The molecule has 136 valence electrons. The van der Waals surface area contributed by atoms with Crippen molar-refractivity contribution in [2.45, 2.75) is 13.3 Å². The van der Waals surface area contributed by atoms with E-state index in [4.69, 9.17) is 4.74 Å². The van der Waals surface area contributed by atoms with Crippen molar-refractivity contribution >= 4 is 29.0 Å². The maximum Gasteiger partial charge on any atom is 0.338 e. The third-order valence-corrected chi connectivity index (χ3v) is 3.74. The number of benzene rings is 2. The van der Waals surface area contributed by atoms with Crippen molar-refractivity contribution in [1.82, 2.24) is 0 Å². The summed E-state index contributed by atoms with van der Waals surface area (Å²) in [7, 11) is 3.75. The average molecular weight is 354 g/mol. The lowest BCUT2D eigenvalue weighted by Gasteiger charge is -2.13. The first-order valence-electron chi connectivity index (χ1n) is 8.28. The first-order valence-corrected chi connectivity index (χ1v) is 8.28. The monoisotopic (exact) mass is 354 g/mol. The van der Waals surface area contributed by atoms with E-state index in [0.29, 0.717) is 23.2 Å². The van der Waals surface area contributed by atoms with Crippen LogP contribution in [-0.2, 0) is 9.53 Å². The summed E-state index contributed by atoms with van der Waals surface area (Å²) in [5.41, 5.74) is 2.29. The van der Waals surface area contributed by atoms with Gasteiger partial charge >= 0.3 is 5.97 Å². The Morgan fingerprint density at radius 2 is 1.69 bits per heavy atom. The van der Waals surface area contributed by atoms with Crippen molar-refractivity contribution in [1.29, 1.82) is 0 Å². The minimum absolute atomic E-state index is 0.0991. The van der Waals surface area contributed by atoms with Gasteiger partial charge in [0.2, 0.25) is 5.91 Å². The van der Waals surface area contributed by atoms with Crippen LogP contribution in [0.4, 0.5) is 11.4 Å². The highest BCUT2D eigenvalue weighted by Crippen LogP contribution is 2.15. The molecule has 2 aromatic rings. The Bertz CT molecular complexity index is 798. The second-order valence-corrected chi connectivity index (χ2v) is 5.92. The van der Waals surface area contributed by atoms with Crippen LogP contribution in [0.5, 0.6) is 0 Å². The number of ketones is 1. The number of Topliss-reactive ketones (excluding diaryl/α,β-unsaturated/α-hetero) is 1. The van der Waals surface area contributed by atoms with Gasteiger partial charge in [0.15, 0.2) is 12.4 Å². The van der Waals surface area contributed by atoms with Crippen LogP contribution in [0.3, 0.4) is 0 Å². The Hall–Kier alpha value is -3.15. The number of hydrogen-bond donors (Lipinski definition) is 1. The van der Waals surface area contributed by atoms with Crippen molar-refractivity contribution < 1.29 is 19.1 Å². The Morgan fingerprint density at radius 3 is 2.31 bits per heavy atom. The zero-order valence-corrected chi connectivity index (χ0v) is 15.1. The van der Waals surface area contributed by atoms with Gasteiger partial charge in [-0.05, 0) is 42.5 Å². The molecule has 0 unspecified atom stereocenters. The van der Waals surface area contributed by atoms with Crippen LogP contribution in [0.1, 0.15) is 34.1 Å². The van der Waals surface area contributed by atoms with Gasteiger partial charge in [0, 0.05) is 37.5 Å². The minimum atomic E-state index is -0.547. The van der Waals surface area contributed by atoms with Gasteiger partial charge in [-0.15, -0.1) is 0 Å². The number of nitrogens with one attached hydrogen (secondary N) is 1. The van der Waals surface area contributed by atoms with E-state index in [-0.39, 0.29) is 18.3 Å². The zero-order valence-electron chi connectivity index (χ0n) is 15.1. The van der Waals surface area contributed by atoms with Gasteiger partial charge in [-0.3, -0.25) is 9.59 Å². The molecule has 2 rings (SSSR count). The molecule has 0 saturated carbocycles. The smallest absolute Gasteiger partial charge is 0.338 e. The van der Waals surface area contributed by atoms with E-state index in [1.807, 2.05) is 25.1 Å². The van der Waals surface area contributed by atoms with E-state index in [1.165, 1.54) is 0 Å². The maximum atomic E-state index is 12.2. The molecule has 0 aliphatic carbocycles. The SMILES string of the molecule is CCC(=O)Nc1ccc(C(=O)COC(=O)c2cccc(N(C)C)c2)cc1. The number of amides is 1. The molecule has 0 saturated heterocycles. The number of ether oxygens (including phenoxy) is 1. The second-order valence-electron chi connectivity index (χ2n) is 5.92. The van der Waals surface area contributed by atoms with Gasteiger partial charge in [-0.1, -0.05) is 13.0 Å². The summed E-state index contributed by atoms with van der Waals surface area (Å²) in [6.07, 6.45) is 0.381. The highest BCUT2D eigenvalue weighted by atomic mass is 16.5. The summed E-state index contributed by atoms with van der Waals surface area (Å²) in [5.74, 6) is -0.956. The van der Waals surface area contributed by atoms with Gasteiger partial charge in [-0.25, -0.2) is 4.79 Å². The predicted molar refractivity (Wildman–Crippen MR) is 101 cm³/mol. The second kappa shape index (κ2) is 8.80. The lowest BCUT2D eigenvalue weighted by Crippen LogP contribution is -2.15.